The molecule has 2 amide bonds. The Bertz CT molecular complexity index is 1110. The zero-order valence-electron chi connectivity index (χ0n) is 16.4. The van der Waals surface area contributed by atoms with Crippen LogP contribution in [0.1, 0.15) is 18.9 Å². The summed E-state index contributed by atoms with van der Waals surface area (Å²) in [5.74, 6) is 0.0779. The van der Waals surface area contributed by atoms with Crippen molar-refractivity contribution >= 4 is 33.8 Å². The van der Waals surface area contributed by atoms with Gasteiger partial charge < -0.3 is 10.1 Å². The van der Waals surface area contributed by atoms with E-state index in [1.165, 1.54) is 7.05 Å². The van der Waals surface area contributed by atoms with Crippen LogP contribution < -0.4 is 10.1 Å². The Kier molecular flexibility index (Phi) is 5.04. The van der Waals surface area contributed by atoms with Crippen molar-refractivity contribution in [3.63, 3.8) is 0 Å². The summed E-state index contributed by atoms with van der Waals surface area (Å²) in [6.07, 6.45) is 0.920. The molecule has 1 N–H and O–H groups in total. The number of likely N-dealkylation sites (N-methyl/N-ethyl adjacent to an activating group) is 1. The molecule has 5 nitrogen and oxygen atoms in total. The van der Waals surface area contributed by atoms with Gasteiger partial charge in [-0.25, -0.2) is 0 Å². The van der Waals surface area contributed by atoms with Gasteiger partial charge in [-0.05, 0) is 35.6 Å². The fourth-order valence-corrected chi connectivity index (χ4v) is 3.43. The number of rotatable bonds is 6. The Morgan fingerprint density at radius 2 is 1.62 bits per heavy atom. The van der Waals surface area contributed by atoms with E-state index < -0.39 is 0 Å². The molecule has 0 radical (unpaired) electrons. The SMILES string of the molecule is CCCOc1ccc(C2=C(Nc3cccc4ccccc34)C(=O)N(C)C2=O)cc1. The van der Waals surface area contributed by atoms with E-state index in [0.717, 1.165) is 33.5 Å². The maximum absolute atomic E-state index is 12.8. The zero-order valence-corrected chi connectivity index (χ0v) is 16.4. The molecule has 0 spiro atoms. The van der Waals surface area contributed by atoms with Gasteiger partial charge in [-0.15, -0.1) is 0 Å². The van der Waals surface area contributed by atoms with E-state index in [0.29, 0.717) is 17.7 Å². The van der Waals surface area contributed by atoms with E-state index in [1.54, 1.807) is 0 Å². The van der Waals surface area contributed by atoms with Crippen LogP contribution in [0.3, 0.4) is 0 Å². The smallest absolute Gasteiger partial charge is 0.277 e. The number of carbonyl (C=O) groups is 2. The Labute approximate surface area is 169 Å². The van der Waals surface area contributed by atoms with E-state index in [1.807, 2.05) is 73.7 Å². The molecule has 1 aliphatic rings. The summed E-state index contributed by atoms with van der Waals surface area (Å²) in [7, 11) is 1.50. The van der Waals surface area contributed by atoms with Crippen LogP contribution in [0, 0.1) is 0 Å². The Morgan fingerprint density at radius 3 is 2.38 bits per heavy atom. The fraction of sp³-hybridized carbons (Fsp3) is 0.167. The molecule has 3 aromatic rings. The topological polar surface area (TPSA) is 58.6 Å². The second kappa shape index (κ2) is 7.80. The molecule has 0 saturated carbocycles. The quantitative estimate of drug-likeness (QED) is 0.636. The summed E-state index contributed by atoms with van der Waals surface area (Å²) in [5, 5.41) is 5.27. The molecule has 0 fully saturated rings. The first kappa shape index (κ1) is 18.7. The first-order valence-corrected chi connectivity index (χ1v) is 9.65. The second-order valence-electron chi connectivity index (χ2n) is 6.94. The monoisotopic (exact) mass is 386 g/mol. The molecule has 0 saturated heterocycles. The third kappa shape index (κ3) is 3.47. The zero-order chi connectivity index (χ0) is 20.4. The Hall–Kier alpha value is -3.60. The summed E-state index contributed by atoms with van der Waals surface area (Å²) in [5.41, 5.74) is 2.12. The first-order valence-electron chi connectivity index (χ1n) is 9.65. The third-order valence-electron chi connectivity index (χ3n) is 4.95. The normalized spacial score (nSPS) is 14.1. The molecule has 1 heterocycles. The minimum Gasteiger partial charge on any atom is -0.494 e. The van der Waals surface area contributed by atoms with Gasteiger partial charge in [-0.1, -0.05) is 55.5 Å². The van der Waals surface area contributed by atoms with Crippen molar-refractivity contribution in [2.75, 3.05) is 19.0 Å². The number of nitrogens with one attached hydrogen (secondary N) is 1. The van der Waals surface area contributed by atoms with Crippen molar-refractivity contribution in [1.82, 2.24) is 4.90 Å². The van der Waals surface area contributed by atoms with Crippen molar-refractivity contribution < 1.29 is 14.3 Å². The van der Waals surface area contributed by atoms with Gasteiger partial charge in [0.15, 0.2) is 0 Å². The van der Waals surface area contributed by atoms with Crippen molar-refractivity contribution in [3.05, 3.63) is 78.0 Å². The average Bonchev–Trinajstić information content (AvgIpc) is 2.96. The maximum atomic E-state index is 12.8. The minimum absolute atomic E-state index is 0.288. The highest BCUT2D eigenvalue weighted by atomic mass is 16.5. The summed E-state index contributed by atoms with van der Waals surface area (Å²) < 4.78 is 5.62. The molecule has 5 heteroatoms. The van der Waals surface area contributed by atoms with Crippen molar-refractivity contribution in [2.24, 2.45) is 0 Å². The molecule has 0 atom stereocenters. The lowest BCUT2D eigenvalue weighted by molar-refractivity contribution is -0.135. The van der Waals surface area contributed by atoms with Crippen LogP contribution in [0.4, 0.5) is 5.69 Å². The lowest BCUT2D eigenvalue weighted by Crippen LogP contribution is -2.27. The number of amides is 2. The lowest BCUT2D eigenvalue weighted by atomic mass is 10.0. The van der Waals surface area contributed by atoms with Crippen molar-refractivity contribution in [3.8, 4) is 5.75 Å². The predicted octanol–water partition coefficient (Wildman–Crippen LogP) is 4.45. The van der Waals surface area contributed by atoms with Gasteiger partial charge in [-0.3, -0.25) is 14.5 Å². The number of hydrogen-bond acceptors (Lipinski definition) is 4. The number of carbonyl (C=O) groups excluding carboxylic acids is 2. The van der Waals surface area contributed by atoms with Crippen LogP contribution in [0.2, 0.25) is 0 Å². The third-order valence-corrected chi connectivity index (χ3v) is 4.95. The van der Waals surface area contributed by atoms with E-state index in [2.05, 4.69) is 5.32 Å². The standard InChI is InChI=1S/C24H22N2O3/c1-3-15-29-18-13-11-17(12-14-18)21-22(24(28)26(2)23(21)27)25-20-10-6-8-16-7-4-5-9-19(16)20/h4-14,25H,3,15H2,1-2H3. The molecule has 146 valence electrons. The second-order valence-corrected chi connectivity index (χ2v) is 6.94. The van der Waals surface area contributed by atoms with Crippen molar-refractivity contribution in [1.29, 1.82) is 0 Å². The predicted molar refractivity (Wildman–Crippen MR) is 114 cm³/mol. The highest BCUT2D eigenvalue weighted by Gasteiger charge is 2.36. The number of fused-ring (bicyclic) bond motifs is 1. The van der Waals surface area contributed by atoms with Gasteiger partial charge in [0, 0.05) is 18.1 Å². The number of benzene rings is 3. The van der Waals surface area contributed by atoms with Gasteiger partial charge in [0.2, 0.25) is 0 Å². The largest absolute Gasteiger partial charge is 0.494 e. The van der Waals surface area contributed by atoms with E-state index >= 15 is 0 Å². The van der Waals surface area contributed by atoms with E-state index in [4.69, 9.17) is 4.74 Å². The van der Waals surface area contributed by atoms with Crippen LogP contribution in [0.25, 0.3) is 16.3 Å². The Balaban J connectivity index is 1.76. The summed E-state index contributed by atoms with van der Waals surface area (Å²) in [6.45, 7) is 2.68. The van der Waals surface area contributed by atoms with Gasteiger partial charge in [-0.2, -0.15) is 0 Å². The molecule has 1 aliphatic heterocycles. The summed E-state index contributed by atoms with van der Waals surface area (Å²) in [4.78, 5) is 26.8. The molecular formula is C24H22N2O3. The molecular weight excluding hydrogens is 364 g/mol. The first-order chi connectivity index (χ1) is 14.1. The molecule has 29 heavy (non-hydrogen) atoms. The minimum atomic E-state index is -0.343. The number of hydrogen-bond donors (Lipinski definition) is 1. The molecule has 0 aliphatic carbocycles. The van der Waals surface area contributed by atoms with Crippen LogP contribution in [0.5, 0.6) is 5.75 Å². The van der Waals surface area contributed by atoms with Crippen LogP contribution in [-0.4, -0.2) is 30.4 Å². The average molecular weight is 386 g/mol. The van der Waals surface area contributed by atoms with E-state index in [9.17, 15) is 9.59 Å². The highest BCUT2D eigenvalue weighted by Crippen LogP contribution is 2.32. The highest BCUT2D eigenvalue weighted by molar-refractivity contribution is 6.36. The summed E-state index contributed by atoms with van der Waals surface area (Å²) in [6, 6.07) is 21.0. The molecule has 0 bridgehead atoms. The van der Waals surface area contributed by atoms with Crippen molar-refractivity contribution in [2.45, 2.75) is 13.3 Å². The van der Waals surface area contributed by atoms with Crippen LogP contribution in [0.15, 0.2) is 72.4 Å². The van der Waals surface area contributed by atoms with Gasteiger partial charge in [0.05, 0.1) is 12.2 Å². The molecule has 3 aromatic carbocycles. The van der Waals surface area contributed by atoms with Crippen LogP contribution in [-0.2, 0) is 9.59 Å². The molecule has 0 unspecified atom stereocenters. The van der Waals surface area contributed by atoms with Gasteiger partial charge in [0.1, 0.15) is 11.4 Å². The van der Waals surface area contributed by atoms with Gasteiger partial charge >= 0.3 is 0 Å². The summed E-state index contributed by atoms with van der Waals surface area (Å²) >= 11 is 0. The number of nitrogens with zero attached hydrogens (tertiary/aromatic N) is 1. The maximum Gasteiger partial charge on any atom is 0.277 e. The number of anilines is 1. The van der Waals surface area contributed by atoms with Crippen LogP contribution >= 0.6 is 0 Å². The van der Waals surface area contributed by atoms with E-state index in [-0.39, 0.29) is 17.5 Å². The lowest BCUT2D eigenvalue weighted by Gasteiger charge is -2.12. The molecule has 0 aromatic heterocycles. The van der Waals surface area contributed by atoms with Gasteiger partial charge in [0.25, 0.3) is 11.8 Å². The Morgan fingerprint density at radius 1 is 0.897 bits per heavy atom. The fourth-order valence-electron chi connectivity index (χ4n) is 3.43. The number of ether oxygens (including phenoxy) is 1. The molecule has 4 rings (SSSR count). The number of imide groups is 1.